The van der Waals surface area contributed by atoms with Crippen molar-refractivity contribution in [3.05, 3.63) is 0 Å². The molecule has 2 rings (SSSR count). The number of hydrogen-bond acceptors (Lipinski definition) is 3. The summed E-state index contributed by atoms with van der Waals surface area (Å²) in [5, 5.41) is 3.48. The fourth-order valence-corrected chi connectivity index (χ4v) is 3.56. The molecule has 110 valence electrons. The number of carbonyl (C=O) groups is 1. The van der Waals surface area contributed by atoms with Crippen molar-refractivity contribution >= 4 is 5.91 Å². The number of likely N-dealkylation sites (tertiary alicyclic amines) is 1. The number of amides is 1. The van der Waals surface area contributed by atoms with Crippen LogP contribution in [0.1, 0.15) is 46.0 Å². The summed E-state index contributed by atoms with van der Waals surface area (Å²) < 4.78 is 5.53. The Kier molecular flexibility index (Phi) is 4.85. The Morgan fingerprint density at radius 3 is 2.89 bits per heavy atom. The van der Waals surface area contributed by atoms with Crippen LogP contribution in [0, 0.1) is 5.92 Å². The standard InChI is InChI=1S/C15H28N2O2/c1-4-7-15(8-5-9-16-15)14(18)17-10-6-12(2)13(11-17)19-3/h12-13,16H,4-11H2,1-3H3. The second kappa shape index (κ2) is 6.23. The molecule has 2 heterocycles. The van der Waals surface area contributed by atoms with Crippen molar-refractivity contribution in [2.75, 3.05) is 26.7 Å². The fraction of sp³-hybridized carbons (Fsp3) is 0.933. The van der Waals surface area contributed by atoms with E-state index in [1.807, 2.05) is 4.90 Å². The number of hydrogen-bond donors (Lipinski definition) is 1. The second-order valence-corrected chi connectivity index (χ2v) is 6.15. The summed E-state index contributed by atoms with van der Waals surface area (Å²) >= 11 is 0. The highest BCUT2D eigenvalue weighted by Crippen LogP contribution is 2.29. The highest BCUT2D eigenvalue weighted by molar-refractivity contribution is 5.87. The molecule has 1 amide bonds. The summed E-state index contributed by atoms with van der Waals surface area (Å²) in [5.74, 6) is 0.855. The molecule has 0 radical (unpaired) electrons. The lowest BCUT2D eigenvalue weighted by Gasteiger charge is -2.41. The van der Waals surface area contributed by atoms with Crippen LogP contribution in [-0.4, -0.2) is 49.2 Å². The third-order valence-electron chi connectivity index (χ3n) is 4.81. The number of nitrogens with one attached hydrogen (secondary N) is 1. The van der Waals surface area contributed by atoms with E-state index in [1.54, 1.807) is 7.11 Å². The molecule has 19 heavy (non-hydrogen) atoms. The first-order valence-electron chi connectivity index (χ1n) is 7.70. The van der Waals surface area contributed by atoms with Crippen LogP contribution >= 0.6 is 0 Å². The average molecular weight is 268 g/mol. The van der Waals surface area contributed by atoms with Gasteiger partial charge in [-0.05, 0) is 38.1 Å². The minimum absolute atomic E-state index is 0.192. The first-order valence-corrected chi connectivity index (χ1v) is 7.70. The normalized spacial score (nSPS) is 35.6. The van der Waals surface area contributed by atoms with Crippen LogP contribution in [0.5, 0.6) is 0 Å². The van der Waals surface area contributed by atoms with E-state index in [9.17, 15) is 4.79 Å². The molecule has 2 aliphatic heterocycles. The SMILES string of the molecule is CCCC1(C(=O)N2CCC(C)C(OC)C2)CCCN1. The molecule has 0 aromatic rings. The average Bonchev–Trinajstić information content (AvgIpc) is 2.89. The van der Waals surface area contributed by atoms with E-state index >= 15 is 0 Å². The van der Waals surface area contributed by atoms with Gasteiger partial charge in [0.05, 0.1) is 11.6 Å². The van der Waals surface area contributed by atoms with Crippen molar-refractivity contribution in [1.82, 2.24) is 10.2 Å². The van der Waals surface area contributed by atoms with Gasteiger partial charge in [0, 0.05) is 20.2 Å². The van der Waals surface area contributed by atoms with Gasteiger partial charge in [-0.1, -0.05) is 20.3 Å². The molecular weight excluding hydrogens is 240 g/mol. The quantitative estimate of drug-likeness (QED) is 0.845. The van der Waals surface area contributed by atoms with Crippen LogP contribution in [0.15, 0.2) is 0 Å². The second-order valence-electron chi connectivity index (χ2n) is 6.15. The Morgan fingerprint density at radius 1 is 1.53 bits per heavy atom. The molecule has 0 aromatic carbocycles. The van der Waals surface area contributed by atoms with Crippen LogP contribution in [0.3, 0.4) is 0 Å². The van der Waals surface area contributed by atoms with E-state index in [1.165, 1.54) is 0 Å². The van der Waals surface area contributed by atoms with E-state index in [4.69, 9.17) is 4.74 Å². The minimum atomic E-state index is -0.284. The Morgan fingerprint density at radius 2 is 2.32 bits per heavy atom. The third kappa shape index (κ3) is 2.95. The monoisotopic (exact) mass is 268 g/mol. The van der Waals surface area contributed by atoms with Gasteiger partial charge in [-0.15, -0.1) is 0 Å². The molecule has 3 atom stereocenters. The maximum atomic E-state index is 12.9. The zero-order chi connectivity index (χ0) is 13.9. The van der Waals surface area contributed by atoms with Gasteiger partial charge in [-0.3, -0.25) is 4.79 Å². The predicted octanol–water partition coefficient (Wildman–Crippen LogP) is 1.79. The molecule has 2 fully saturated rings. The van der Waals surface area contributed by atoms with E-state index in [2.05, 4.69) is 19.2 Å². The van der Waals surface area contributed by atoms with Crippen molar-refractivity contribution in [2.45, 2.75) is 57.6 Å². The fourth-order valence-electron chi connectivity index (χ4n) is 3.56. The van der Waals surface area contributed by atoms with Gasteiger partial charge in [0.1, 0.15) is 0 Å². The third-order valence-corrected chi connectivity index (χ3v) is 4.81. The van der Waals surface area contributed by atoms with E-state index < -0.39 is 0 Å². The summed E-state index contributed by atoms with van der Waals surface area (Å²) in [5.41, 5.74) is -0.284. The molecule has 0 spiro atoms. The number of methoxy groups -OCH3 is 1. The zero-order valence-corrected chi connectivity index (χ0v) is 12.6. The van der Waals surface area contributed by atoms with Crippen LogP contribution < -0.4 is 5.32 Å². The summed E-state index contributed by atoms with van der Waals surface area (Å²) in [6.45, 7) is 6.98. The van der Waals surface area contributed by atoms with Gasteiger partial charge in [-0.2, -0.15) is 0 Å². The van der Waals surface area contributed by atoms with E-state index in [-0.39, 0.29) is 11.6 Å². The molecule has 4 heteroatoms. The van der Waals surface area contributed by atoms with Gasteiger partial charge < -0.3 is 15.0 Å². The predicted molar refractivity (Wildman–Crippen MR) is 76.0 cm³/mol. The molecule has 0 aliphatic carbocycles. The van der Waals surface area contributed by atoms with Crippen LogP contribution in [0.2, 0.25) is 0 Å². The maximum Gasteiger partial charge on any atom is 0.242 e. The topological polar surface area (TPSA) is 41.6 Å². The molecule has 0 saturated carbocycles. The highest BCUT2D eigenvalue weighted by atomic mass is 16.5. The van der Waals surface area contributed by atoms with E-state index in [0.717, 1.165) is 51.7 Å². The number of piperidine rings is 1. The van der Waals surface area contributed by atoms with Gasteiger partial charge in [0.25, 0.3) is 0 Å². The molecule has 1 N–H and O–H groups in total. The van der Waals surface area contributed by atoms with Crippen molar-refractivity contribution in [1.29, 1.82) is 0 Å². The molecule has 3 unspecified atom stereocenters. The van der Waals surface area contributed by atoms with Gasteiger partial charge in [0.15, 0.2) is 0 Å². The number of ether oxygens (including phenoxy) is 1. The Bertz CT molecular complexity index is 313. The van der Waals surface area contributed by atoms with Crippen LogP contribution in [0.25, 0.3) is 0 Å². The Balaban J connectivity index is 2.05. The molecule has 0 aromatic heterocycles. The molecular formula is C15H28N2O2. The lowest BCUT2D eigenvalue weighted by atomic mass is 9.88. The molecule has 2 aliphatic rings. The number of nitrogens with zero attached hydrogens (tertiary/aromatic N) is 1. The summed E-state index contributed by atoms with van der Waals surface area (Å²) in [4.78, 5) is 14.9. The summed E-state index contributed by atoms with van der Waals surface area (Å²) in [6.07, 6.45) is 5.35. The maximum absolute atomic E-state index is 12.9. The molecule has 4 nitrogen and oxygen atoms in total. The Labute approximate surface area is 116 Å². The first kappa shape index (κ1) is 14.8. The van der Waals surface area contributed by atoms with Gasteiger partial charge in [-0.25, -0.2) is 0 Å². The molecule has 0 bridgehead atoms. The highest BCUT2D eigenvalue weighted by Gasteiger charge is 2.44. The largest absolute Gasteiger partial charge is 0.379 e. The Hall–Kier alpha value is -0.610. The van der Waals surface area contributed by atoms with Crippen molar-refractivity contribution in [3.8, 4) is 0 Å². The molecule has 2 saturated heterocycles. The van der Waals surface area contributed by atoms with Gasteiger partial charge >= 0.3 is 0 Å². The summed E-state index contributed by atoms with van der Waals surface area (Å²) in [6, 6.07) is 0. The van der Waals surface area contributed by atoms with Crippen LogP contribution in [0.4, 0.5) is 0 Å². The van der Waals surface area contributed by atoms with E-state index in [0.29, 0.717) is 11.8 Å². The lowest BCUT2D eigenvalue weighted by molar-refractivity contribution is -0.143. The minimum Gasteiger partial charge on any atom is -0.379 e. The summed E-state index contributed by atoms with van der Waals surface area (Å²) in [7, 11) is 1.75. The zero-order valence-electron chi connectivity index (χ0n) is 12.6. The smallest absolute Gasteiger partial charge is 0.242 e. The lowest BCUT2D eigenvalue weighted by Crippen LogP contribution is -2.58. The number of rotatable bonds is 4. The van der Waals surface area contributed by atoms with Crippen molar-refractivity contribution in [2.24, 2.45) is 5.92 Å². The van der Waals surface area contributed by atoms with Crippen molar-refractivity contribution < 1.29 is 9.53 Å². The number of carbonyl (C=O) groups excluding carboxylic acids is 1. The van der Waals surface area contributed by atoms with Crippen LogP contribution in [-0.2, 0) is 9.53 Å². The van der Waals surface area contributed by atoms with Crippen molar-refractivity contribution in [3.63, 3.8) is 0 Å². The van der Waals surface area contributed by atoms with Gasteiger partial charge in [0.2, 0.25) is 5.91 Å². The first-order chi connectivity index (χ1) is 9.13.